The van der Waals surface area contributed by atoms with Gasteiger partial charge in [0.05, 0.1) is 11.9 Å². The van der Waals surface area contributed by atoms with E-state index in [1.165, 1.54) is 24.0 Å². The SMILES string of the molecule is CCNC(=O)C(C)N(Cc1ccccc1)C(=O)CN(c1cccc(C(C)=O)c1)S(C)(=O)=O. The molecule has 1 N–H and O–H groups in total. The number of carbonyl (C=O) groups excluding carboxylic acids is 3. The highest BCUT2D eigenvalue weighted by molar-refractivity contribution is 7.92. The van der Waals surface area contributed by atoms with Crippen molar-refractivity contribution in [3.63, 3.8) is 0 Å². The highest BCUT2D eigenvalue weighted by atomic mass is 32.2. The summed E-state index contributed by atoms with van der Waals surface area (Å²) in [5, 5.41) is 2.70. The van der Waals surface area contributed by atoms with E-state index in [0.29, 0.717) is 12.1 Å². The van der Waals surface area contributed by atoms with Crippen molar-refractivity contribution in [2.75, 3.05) is 23.7 Å². The third kappa shape index (κ3) is 6.65. The maximum atomic E-state index is 13.3. The number of likely N-dealkylation sites (N-methyl/N-ethyl adjacent to an activating group) is 1. The van der Waals surface area contributed by atoms with Crippen LogP contribution in [0.15, 0.2) is 54.6 Å². The summed E-state index contributed by atoms with van der Waals surface area (Å²) in [7, 11) is -3.84. The highest BCUT2D eigenvalue weighted by Crippen LogP contribution is 2.21. The zero-order valence-corrected chi connectivity index (χ0v) is 19.6. The van der Waals surface area contributed by atoms with Crippen LogP contribution in [-0.4, -0.2) is 56.3 Å². The van der Waals surface area contributed by atoms with Gasteiger partial charge in [0.15, 0.2) is 5.78 Å². The van der Waals surface area contributed by atoms with Gasteiger partial charge in [-0.1, -0.05) is 42.5 Å². The number of hydrogen-bond donors (Lipinski definition) is 1. The zero-order chi connectivity index (χ0) is 23.9. The zero-order valence-electron chi connectivity index (χ0n) is 18.7. The molecule has 2 aromatic rings. The van der Waals surface area contributed by atoms with Crippen LogP contribution in [0.3, 0.4) is 0 Å². The van der Waals surface area contributed by atoms with Crippen LogP contribution in [0.25, 0.3) is 0 Å². The number of nitrogens with zero attached hydrogens (tertiary/aromatic N) is 2. The predicted octanol–water partition coefficient (Wildman–Crippen LogP) is 2.21. The van der Waals surface area contributed by atoms with E-state index in [0.717, 1.165) is 16.1 Å². The van der Waals surface area contributed by atoms with Gasteiger partial charge in [-0.2, -0.15) is 0 Å². The molecular weight excluding hydrogens is 430 g/mol. The second-order valence-electron chi connectivity index (χ2n) is 7.45. The fraction of sp³-hybridized carbons (Fsp3) is 0.348. The van der Waals surface area contributed by atoms with Gasteiger partial charge in [-0.15, -0.1) is 0 Å². The average molecular weight is 460 g/mol. The average Bonchev–Trinajstić information content (AvgIpc) is 2.75. The Kier molecular flexibility index (Phi) is 8.54. The van der Waals surface area contributed by atoms with E-state index < -0.39 is 28.5 Å². The fourth-order valence-corrected chi connectivity index (χ4v) is 4.02. The third-order valence-corrected chi connectivity index (χ3v) is 6.07. The van der Waals surface area contributed by atoms with Crippen molar-refractivity contribution in [1.82, 2.24) is 10.2 Å². The number of nitrogens with one attached hydrogen (secondary N) is 1. The lowest BCUT2D eigenvalue weighted by atomic mass is 10.1. The number of rotatable bonds is 10. The predicted molar refractivity (Wildman–Crippen MR) is 124 cm³/mol. The summed E-state index contributed by atoms with van der Waals surface area (Å²) in [6.07, 6.45) is 0.996. The van der Waals surface area contributed by atoms with E-state index in [-0.39, 0.29) is 23.9 Å². The van der Waals surface area contributed by atoms with Crippen LogP contribution in [0.5, 0.6) is 0 Å². The normalized spacial score (nSPS) is 12.0. The van der Waals surface area contributed by atoms with E-state index >= 15 is 0 Å². The van der Waals surface area contributed by atoms with Crippen molar-refractivity contribution in [3.05, 3.63) is 65.7 Å². The Morgan fingerprint density at radius 2 is 1.69 bits per heavy atom. The topological polar surface area (TPSA) is 104 Å². The van der Waals surface area contributed by atoms with Crippen LogP contribution in [0, 0.1) is 0 Å². The lowest BCUT2D eigenvalue weighted by molar-refractivity contribution is -0.139. The second kappa shape index (κ2) is 10.9. The van der Waals surface area contributed by atoms with Crippen molar-refractivity contribution < 1.29 is 22.8 Å². The minimum absolute atomic E-state index is 0.142. The minimum atomic E-state index is -3.84. The van der Waals surface area contributed by atoms with Gasteiger partial charge in [-0.05, 0) is 38.5 Å². The quantitative estimate of drug-likeness (QED) is 0.549. The maximum Gasteiger partial charge on any atom is 0.244 e. The van der Waals surface area contributed by atoms with Crippen LogP contribution in [0.4, 0.5) is 5.69 Å². The molecule has 32 heavy (non-hydrogen) atoms. The number of ketones is 1. The van der Waals surface area contributed by atoms with Crippen LogP contribution in [0.2, 0.25) is 0 Å². The van der Waals surface area contributed by atoms with Crippen molar-refractivity contribution in [3.8, 4) is 0 Å². The monoisotopic (exact) mass is 459 g/mol. The third-order valence-electron chi connectivity index (χ3n) is 4.93. The van der Waals surface area contributed by atoms with E-state index in [2.05, 4.69) is 5.32 Å². The molecule has 0 saturated heterocycles. The molecule has 1 atom stereocenters. The van der Waals surface area contributed by atoms with Crippen LogP contribution in [0.1, 0.15) is 36.7 Å². The Morgan fingerprint density at radius 3 is 2.25 bits per heavy atom. The summed E-state index contributed by atoms with van der Waals surface area (Å²) in [4.78, 5) is 38.9. The molecule has 0 radical (unpaired) electrons. The summed E-state index contributed by atoms with van der Waals surface area (Å²) in [6, 6.07) is 14.4. The summed E-state index contributed by atoms with van der Waals surface area (Å²) < 4.78 is 26.0. The molecule has 0 aliphatic heterocycles. The van der Waals surface area contributed by atoms with Gasteiger partial charge in [-0.3, -0.25) is 18.7 Å². The maximum absolute atomic E-state index is 13.3. The number of carbonyl (C=O) groups is 3. The Bertz CT molecular complexity index is 1070. The molecule has 0 saturated carbocycles. The molecule has 8 nitrogen and oxygen atoms in total. The van der Waals surface area contributed by atoms with Crippen LogP contribution >= 0.6 is 0 Å². The highest BCUT2D eigenvalue weighted by Gasteiger charge is 2.30. The van der Waals surface area contributed by atoms with E-state index in [1.807, 2.05) is 30.3 Å². The van der Waals surface area contributed by atoms with Crippen LogP contribution < -0.4 is 9.62 Å². The molecule has 0 fully saturated rings. The number of amides is 2. The van der Waals surface area contributed by atoms with Gasteiger partial charge in [0.1, 0.15) is 12.6 Å². The summed E-state index contributed by atoms with van der Waals surface area (Å²) in [5.41, 5.74) is 1.35. The molecule has 2 aromatic carbocycles. The van der Waals surface area contributed by atoms with Gasteiger partial charge in [-0.25, -0.2) is 8.42 Å². The number of sulfonamides is 1. The largest absolute Gasteiger partial charge is 0.355 e. The molecule has 0 aromatic heterocycles. The van der Waals surface area contributed by atoms with E-state index in [1.54, 1.807) is 26.0 Å². The standard InChI is InChI=1S/C23H29N3O5S/c1-5-24-23(29)17(2)25(15-19-10-7-6-8-11-19)22(28)16-26(32(4,30)31)21-13-9-12-20(14-21)18(3)27/h6-14,17H,5,15-16H2,1-4H3,(H,24,29). The molecule has 0 spiro atoms. The van der Waals surface area contributed by atoms with Crippen LogP contribution in [-0.2, 0) is 26.2 Å². The molecular formula is C23H29N3O5S. The van der Waals surface area contributed by atoms with Crippen molar-refractivity contribution in [2.45, 2.75) is 33.4 Å². The first-order valence-corrected chi connectivity index (χ1v) is 12.1. The number of anilines is 1. The molecule has 172 valence electrons. The van der Waals surface area contributed by atoms with Gasteiger partial charge >= 0.3 is 0 Å². The number of benzene rings is 2. The van der Waals surface area contributed by atoms with E-state index in [9.17, 15) is 22.8 Å². The molecule has 0 bridgehead atoms. The Balaban J connectivity index is 2.40. The van der Waals surface area contributed by atoms with Gasteiger partial charge in [0.25, 0.3) is 0 Å². The molecule has 2 rings (SSSR count). The van der Waals surface area contributed by atoms with Crippen molar-refractivity contribution in [2.24, 2.45) is 0 Å². The first-order chi connectivity index (χ1) is 15.0. The Hall–Kier alpha value is -3.20. The van der Waals surface area contributed by atoms with Crippen molar-refractivity contribution in [1.29, 1.82) is 0 Å². The number of hydrogen-bond acceptors (Lipinski definition) is 5. The first-order valence-electron chi connectivity index (χ1n) is 10.2. The molecule has 0 aliphatic carbocycles. The van der Waals surface area contributed by atoms with Gasteiger partial charge < -0.3 is 10.2 Å². The fourth-order valence-electron chi connectivity index (χ4n) is 3.18. The lowest BCUT2D eigenvalue weighted by Crippen LogP contribution is -2.51. The Labute approximate surface area is 189 Å². The van der Waals surface area contributed by atoms with Gasteiger partial charge in [0, 0.05) is 18.7 Å². The van der Waals surface area contributed by atoms with Gasteiger partial charge in [0.2, 0.25) is 21.8 Å². The smallest absolute Gasteiger partial charge is 0.244 e. The van der Waals surface area contributed by atoms with Crippen molar-refractivity contribution >= 4 is 33.3 Å². The second-order valence-corrected chi connectivity index (χ2v) is 9.36. The first kappa shape index (κ1) is 25.1. The lowest BCUT2D eigenvalue weighted by Gasteiger charge is -2.31. The van der Waals surface area contributed by atoms with E-state index in [4.69, 9.17) is 0 Å². The summed E-state index contributed by atoms with van der Waals surface area (Å²) in [6.45, 7) is 4.81. The molecule has 9 heteroatoms. The molecule has 1 unspecified atom stereocenters. The summed E-state index contributed by atoms with van der Waals surface area (Å²) in [5.74, 6) is -1.09. The molecule has 0 heterocycles. The summed E-state index contributed by atoms with van der Waals surface area (Å²) >= 11 is 0. The Morgan fingerprint density at radius 1 is 1.03 bits per heavy atom. The number of Topliss-reactive ketones (excluding diaryl/α,β-unsaturated/α-hetero) is 1. The molecule has 0 aliphatic rings. The molecule has 2 amide bonds. The minimum Gasteiger partial charge on any atom is -0.355 e.